The number of alkyl halides is 3. The smallest absolute Gasteiger partial charge is 0.354 e. The third-order valence-corrected chi connectivity index (χ3v) is 3.36. The van der Waals surface area contributed by atoms with Gasteiger partial charge in [0.1, 0.15) is 0 Å². The minimum absolute atomic E-state index is 0.449. The molecule has 0 saturated carbocycles. The summed E-state index contributed by atoms with van der Waals surface area (Å²) in [7, 11) is 0. The van der Waals surface area contributed by atoms with Gasteiger partial charge in [0.25, 0.3) is 0 Å². The lowest BCUT2D eigenvalue weighted by Crippen LogP contribution is -2.04. The number of halogens is 3. The Bertz CT molecular complexity index is 800. The molecule has 0 spiro atoms. The van der Waals surface area contributed by atoms with E-state index in [1.165, 1.54) is 12.1 Å². The topological polar surface area (TPSA) is 32.9 Å². The van der Waals surface area contributed by atoms with Crippen LogP contribution >= 0.6 is 0 Å². The highest BCUT2D eigenvalue weighted by Crippen LogP contribution is 2.33. The van der Waals surface area contributed by atoms with Crippen molar-refractivity contribution in [1.82, 2.24) is 4.98 Å². The zero-order valence-electron chi connectivity index (χ0n) is 10.7. The molecule has 0 amide bonds. The minimum atomic E-state index is -4.37. The number of carbonyl (C=O) groups is 1. The highest BCUT2D eigenvalue weighted by molar-refractivity contribution is 6.04. The van der Waals surface area contributed by atoms with Crippen LogP contribution < -0.4 is 0 Å². The molecule has 5 heteroatoms. The fourth-order valence-electron chi connectivity index (χ4n) is 2.34. The first-order valence-corrected chi connectivity index (χ1v) is 6.24. The van der Waals surface area contributed by atoms with E-state index in [9.17, 15) is 18.0 Å². The fourth-order valence-corrected chi connectivity index (χ4v) is 2.34. The Balaban J connectivity index is 2.14. The van der Waals surface area contributed by atoms with Crippen molar-refractivity contribution in [3.63, 3.8) is 0 Å². The van der Waals surface area contributed by atoms with Crippen molar-refractivity contribution in [3.8, 4) is 11.3 Å². The predicted molar refractivity (Wildman–Crippen MR) is 74.1 cm³/mol. The first kappa shape index (κ1) is 13.4. The molecule has 0 unspecified atom stereocenters. The van der Waals surface area contributed by atoms with Crippen LogP contribution in [0.3, 0.4) is 0 Å². The zero-order chi connectivity index (χ0) is 15.0. The largest absolute Gasteiger partial charge is 0.416 e. The van der Waals surface area contributed by atoms with Gasteiger partial charge < -0.3 is 4.98 Å². The van der Waals surface area contributed by atoms with Crippen LogP contribution in [0.25, 0.3) is 22.2 Å². The third kappa shape index (κ3) is 2.31. The number of para-hydroxylation sites is 1. The van der Waals surface area contributed by atoms with Crippen LogP contribution in [-0.4, -0.2) is 11.3 Å². The maximum Gasteiger partial charge on any atom is 0.416 e. The summed E-state index contributed by atoms with van der Waals surface area (Å²) >= 11 is 0. The molecule has 1 N–H and O–H groups in total. The van der Waals surface area contributed by atoms with E-state index in [1.807, 2.05) is 12.1 Å². The summed E-state index contributed by atoms with van der Waals surface area (Å²) in [5.41, 5.74) is 1.58. The number of hydrogen-bond acceptors (Lipinski definition) is 1. The summed E-state index contributed by atoms with van der Waals surface area (Å²) in [5.74, 6) is 0. The van der Waals surface area contributed by atoms with Gasteiger partial charge in [-0.1, -0.05) is 30.3 Å². The van der Waals surface area contributed by atoms with Gasteiger partial charge in [0.15, 0.2) is 6.29 Å². The van der Waals surface area contributed by atoms with Crippen LogP contribution in [0.4, 0.5) is 13.2 Å². The average Bonchev–Trinajstić information content (AvgIpc) is 2.85. The number of hydrogen-bond donors (Lipinski definition) is 1. The number of benzene rings is 2. The van der Waals surface area contributed by atoms with E-state index < -0.39 is 11.7 Å². The molecular weight excluding hydrogens is 279 g/mol. The number of aldehydes is 1. The van der Waals surface area contributed by atoms with Gasteiger partial charge in [-0.05, 0) is 23.8 Å². The Labute approximate surface area is 118 Å². The highest BCUT2D eigenvalue weighted by atomic mass is 19.4. The quantitative estimate of drug-likeness (QED) is 0.683. The van der Waals surface area contributed by atoms with E-state index in [0.717, 1.165) is 23.0 Å². The molecule has 1 aromatic heterocycles. The molecule has 3 aromatic rings. The molecule has 0 fully saturated rings. The number of aromatic nitrogens is 1. The maximum absolute atomic E-state index is 12.6. The average molecular weight is 289 g/mol. The van der Waals surface area contributed by atoms with E-state index in [0.29, 0.717) is 23.1 Å². The van der Waals surface area contributed by atoms with Gasteiger partial charge in [-0.3, -0.25) is 4.79 Å². The number of carbonyl (C=O) groups excluding carboxylic acids is 1. The predicted octanol–water partition coefficient (Wildman–Crippen LogP) is 4.67. The van der Waals surface area contributed by atoms with Crippen LogP contribution in [0, 0.1) is 0 Å². The molecule has 0 atom stereocenters. The normalized spacial score (nSPS) is 11.8. The van der Waals surface area contributed by atoms with Gasteiger partial charge in [0, 0.05) is 16.5 Å². The lowest BCUT2D eigenvalue weighted by Gasteiger charge is -2.07. The summed E-state index contributed by atoms with van der Waals surface area (Å²) in [6.07, 6.45) is -3.65. The Morgan fingerprint density at radius 1 is 0.952 bits per heavy atom. The fraction of sp³-hybridized carbons (Fsp3) is 0.0625. The second-order valence-electron chi connectivity index (χ2n) is 4.65. The van der Waals surface area contributed by atoms with Crippen molar-refractivity contribution in [2.75, 3.05) is 0 Å². The van der Waals surface area contributed by atoms with Gasteiger partial charge >= 0.3 is 6.18 Å². The van der Waals surface area contributed by atoms with Crippen molar-refractivity contribution >= 4 is 17.2 Å². The Hall–Kier alpha value is -2.56. The molecular formula is C16H10F3NO. The summed E-state index contributed by atoms with van der Waals surface area (Å²) in [6, 6.07) is 12.0. The second-order valence-corrected chi connectivity index (χ2v) is 4.65. The Kier molecular flexibility index (Phi) is 3.05. The molecule has 21 heavy (non-hydrogen) atoms. The monoisotopic (exact) mass is 289 g/mol. The number of aromatic amines is 1. The summed E-state index contributed by atoms with van der Waals surface area (Å²) in [4.78, 5) is 14.4. The van der Waals surface area contributed by atoms with Crippen LogP contribution in [-0.2, 0) is 6.18 Å². The molecule has 0 bridgehead atoms. The maximum atomic E-state index is 12.6. The Morgan fingerprint density at radius 3 is 2.24 bits per heavy atom. The van der Waals surface area contributed by atoms with Crippen LogP contribution in [0.15, 0.2) is 48.5 Å². The second kappa shape index (κ2) is 4.77. The summed E-state index contributed by atoms with van der Waals surface area (Å²) in [5, 5.41) is 0.752. The molecule has 0 saturated heterocycles. The van der Waals surface area contributed by atoms with Crippen molar-refractivity contribution in [2.24, 2.45) is 0 Å². The molecule has 0 radical (unpaired) electrons. The molecule has 3 rings (SSSR count). The lowest BCUT2D eigenvalue weighted by molar-refractivity contribution is -0.137. The van der Waals surface area contributed by atoms with Crippen LogP contribution in [0.5, 0.6) is 0 Å². The van der Waals surface area contributed by atoms with Crippen molar-refractivity contribution < 1.29 is 18.0 Å². The number of nitrogens with one attached hydrogen (secondary N) is 1. The van der Waals surface area contributed by atoms with Gasteiger partial charge in [0.05, 0.1) is 11.3 Å². The SMILES string of the molecule is O=Cc1c(-c2ccc(C(F)(F)F)cc2)[nH]c2ccccc12. The number of H-pyrrole nitrogens is 1. The van der Waals surface area contributed by atoms with E-state index in [1.54, 1.807) is 12.1 Å². The van der Waals surface area contributed by atoms with Gasteiger partial charge in [0.2, 0.25) is 0 Å². The first-order valence-electron chi connectivity index (χ1n) is 6.24. The molecule has 0 aliphatic carbocycles. The molecule has 2 nitrogen and oxygen atoms in total. The van der Waals surface area contributed by atoms with Gasteiger partial charge in [-0.25, -0.2) is 0 Å². The lowest BCUT2D eigenvalue weighted by atomic mass is 10.0. The third-order valence-electron chi connectivity index (χ3n) is 3.36. The van der Waals surface area contributed by atoms with E-state index >= 15 is 0 Å². The minimum Gasteiger partial charge on any atom is -0.354 e. The van der Waals surface area contributed by atoms with E-state index in [-0.39, 0.29) is 0 Å². The molecule has 1 heterocycles. The summed E-state index contributed by atoms with van der Waals surface area (Å²) in [6.45, 7) is 0. The number of rotatable bonds is 2. The van der Waals surface area contributed by atoms with Crippen LogP contribution in [0.2, 0.25) is 0 Å². The van der Waals surface area contributed by atoms with E-state index in [2.05, 4.69) is 4.98 Å². The summed E-state index contributed by atoms with van der Waals surface area (Å²) < 4.78 is 37.7. The highest BCUT2D eigenvalue weighted by Gasteiger charge is 2.30. The molecule has 0 aliphatic rings. The first-order chi connectivity index (χ1) is 10.0. The number of fused-ring (bicyclic) bond motifs is 1. The molecule has 2 aromatic carbocycles. The Morgan fingerprint density at radius 2 is 1.62 bits per heavy atom. The van der Waals surface area contributed by atoms with Gasteiger partial charge in [-0.2, -0.15) is 13.2 Å². The van der Waals surface area contributed by atoms with Gasteiger partial charge in [-0.15, -0.1) is 0 Å². The van der Waals surface area contributed by atoms with E-state index in [4.69, 9.17) is 0 Å². The standard InChI is InChI=1S/C16H10F3NO/c17-16(18,19)11-7-5-10(6-8-11)15-13(9-21)12-3-1-2-4-14(12)20-15/h1-9,20H. The molecule has 0 aliphatic heterocycles. The van der Waals surface area contributed by atoms with Crippen molar-refractivity contribution in [2.45, 2.75) is 6.18 Å². The molecule has 106 valence electrons. The zero-order valence-corrected chi connectivity index (χ0v) is 10.7. The van der Waals surface area contributed by atoms with Crippen molar-refractivity contribution in [1.29, 1.82) is 0 Å². The van der Waals surface area contributed by atoms with Crippen LogP contribution in [0.1, 0.15) is 15.9 Å². The van der Waals surface area contributed by atoms with Crippen molar-refractivity contribution in [3.05, 3.63) is 59.7 Å².